The van der Waals surface area contributed by atoms with Gasteiger partial charge >= 0.3 is 12.4 Å². The third kappa shape index (κ3) is 8.79. The van der Waals surface area contributed by atoms with Gasteiger partial charge in [-0.15, -0.1) is 0 Å². The molecule has 13 aromatic rings. The van der Waals surface area contributed by atoms with Crippen LogP contribution in [-0.2, 0) is 12.4 Å². The molecule has 13 rings (SSSR count). The summed E-state index contributed by atoms with van der Waals surface area (Å²) in [5, 5.41) is 14.1. The molecular weight excluding hydrogens is 1010 g/mol. The van der Waals surface area contributed by atoms with Gasteiger partial charge in [-0.3, -0.25) is 0 Å². The Kier molecular flexibility index (Phi) is 11.8. The Bertz CT molecular complexity index is 4610. The van der Waals surface area contributed by atoms with E-state index in [1.165, 1.54) is 12.1 Å². The summed E-state index contributed by atoms with van der Waals surface area (Å²) in [5.41, 5.74) is 10.1. The highest BCUT2D eigenvalue weighted by atomic mass is 19.4. The third-order valence-electron chi connectivity index (χ3n) is 14.7. The van der Waals surface area contributed by atoms with E-state index in [0.29, 0.717) is 84.5 Å². The summed E-state index contributed by atoms with van der Waals surface area (Å²) in [5.74, 6) is 1.32. The predicted molar refractivity (Wildman–Crippen MR) is 305 cm³/mol. The van der Waals surface area contributed by atoms with Crippen molar-refractivity contribution in [3.63, 3.8) is 0 Å². The van der Waals surface area contributed by atoms with Gasteiger partial charge < -0.3 is 9.13 Å². The van der Waals surface area contributed by atoms with Crippen LogP contribution in [-0.4, -0.2) is 24.1 Å². The maximum Gasteiger partial charge on any atom is 0.416 e. The van der Waals surface area contributed by atoms with Gasteiger partial charge in [-0.1, -0.05) is 121 Å². The van der Waals surface area contributed by atoms with Crippen molar-refractivity contribution in [1.82, 2.24) is 24.1 Å². The van der Waals surface area contributed by atoms with Crippen LogP contribution in [0, 0.1) is 25.2 Å². The second-order valence-electron chi connectivity index (χ2n) is 20.0. The molecule has 0 amide bonds. The number of halogens is 6. The van der Waals surface area contributed by atoms with Crippen molar-refractivity contribution in [3.8, 4) is 85.0 Å². The number of alkyl halides is 6. The molecule has 0 N–H and O–H groups in total. The molecule has 0 aliphatic carbocycles. The Morgan fingerprint density at radius 1 is 0.350 bits per heavy atom. The fraction of sp³-hybridized carbons (Fsp3) is 0.0588. The molecule has 0 unspecified atom stereocenters. The minimum atomic E-state index is -4.54. The van der Waals surface area contributed by atoms with Crippen molar-refractivity contribution in [2.75, 3.05) is 0 Å². The first kappa shape index (κ1) is 49.5. The Morgan fingerprint density at radius 2 is 0.750 bits per heavy atom. The lowest BCUT2D eigenvalue weighted by Crippen LogP contribution is -2.05. The van der Waals surface area contributed by atoms with E-state index in [9.17, 15) is 31.6 Å². The fourth-order valence-electron chi connectivity index (χ4n) is 11.1. The molecule has 0 radical (unpaired) electrons. The highest BCUT2D eigenvalue weighted by Gasteiger charge is 2.32. The van der Waals surface area contributed by atoms with Gasteiger partial charge in [0.15, 0.2) is 17.5 Å². The van der Waals surface area contributed by atoms with Crippen LogP contribution in [0.1, 0.15) is 27.8 Å². The number of aryl methyl sites for hydroxylation is 2. The number of fused-ring (bicyclic) bond motifs is 6. The van der Waals surface area contributed by atoms with Gasteiger partial charge in [0.2, 0.25) is 0 Å². The smallest absolute Gasteiger partial charge is 0.309 e. The Labute approximate surface area is 454 Å². The maximum absolute atomic E-state index is 14.2. The number of para-hydroxylation sites is 2. The topological polar surface area (TPSA) is 72.3 Å². The van der Waals surface area contributed by atoms with E-state index in [4.69, 9.17) is 15.0 Å². The van der Waals surface area contributed by atoms with E-state index in [1.807, 2.05) is 176 Å². The molecule has 0 fully saturated rings. The zero-order valence-electron chi connectivity index (χ0n) is 42.7. The lowest BCUT2D eigenvalue weighted by Gasteiger charge is -2.20. The zero-order valence-corrected chi connectivity index (χ0v) is 42.7. The number of nitrogens with zero attached hydrogens (tertiary/aromatic N) is 6. The highest BCUT2D eigenvalue weighted by Crippen LogP contribution is 2.45. The summed E-state index contributed by atoms with van der Waals surface area (Å²) in [6.45, 7) is 3.31. The van der Waals surface area contributed by atoms with Crippen LogP contribution in [0.5, 0.6) is 0 Å². The van der Waals surface area contributed by atoms with Crippen LogP contribution < -0.4 is 0 Å². The van der Waals surface area contributed by atoms with E-state index >= 15 is 0 Å². The van der Waals surface area contributed by atoms with Crippen LogP contribution in [0.4, 0.5) is 26.3 Å². The molecule has 0 saturated carbocycles. The molecule has 386 valence electrons. The number of hydrogen-bond donors (Lipinski definition) is 0. The molecular formula is C68H42F6N6. The van der Waals surface area contributed by atoms with E-state index in [0.717, 1.165) is 66.9 Å². The van der Waals surface area contributed by atoms with Gasteiger partial charge in [-0.25, -0.2) is 15.0 Å². The van der Waals surface area contributed by atoms with Gasteiger partial charge in [0.05, 0.1) is 56.2 Å². The second kappa shape index (κ2) is 19.1. The number of rotatable bonds is 8. The van der Waals surface area contributed by atoms with Crippen LogP contribution in [0.25, 0.3) is 123 Å². The van der Waals surface area contributed by atoms with Gasteiger partial charge in [-0.05, 0) is 144 Å². The molecule has 0 aliphatic heterocycles. The lowest BCUT2D eigenvalue weighted by atomic mass is 9.96. The number of hydrogen-bond acceptors (Lipinski definition) is 4. The maximum atomic E-state index is 14.2. The summed E-state index contributed by atoms with van der Waals surface area (Å²) in [4.78, 5) is 15.2. The van der Waals surface area contributed by atoms with Gasteiger partial charge in [0, 0.05) is 49.4 Å². The molecule has 0 spiro atoms. The minimum absolute atomic E-state index is 0.379. The Hall–Kier alpha value is -10.1. The zero-order chi connectivity index (χ0) is 55.0. The van der Waals surface area contributed by atoms with Gasteiger partial charge in [0.25, 0.3) is 0 Å². The molecule has 10 aromatic carbocycles. The van der Waals surface area contributed by atoms with Crippen LogP contribution in [0.2, 0.25) is 0 Å². The molecule has 12 heteroatoms. The molecule has 0 aliphatic rings. The highest BCUT2D eigenvalue weighted by molar-refractivity contribution is 6.13. The van der Waals surface area contributed by atoms with E-state index in [2.05, 4.69) is 15.2 Å². The fourth-order valence-corrected chi connectivity index (χ4v) is 11.1. The average Bonchev–Trinajstić information content (AvgIpc) is 4.19. The van der Waals surface area contributed by atoms with Gasteiger partial charge in [-0.2, -0.15) is 31.6 Å². The summed E-state index contributed by atoms with van der Waals surface area (Å²) in [6, 6.07) is 68.6. The first-order valence-corrected chi connectivity index (χ1v) is 25.7. The molecule has 0 atom stereocenters. The first-order chi connectivity index (χ1) is 38.7. The molecule has 3 heterocycles. The van der Waals surface area contributed by atoms with Crippen molar-refractivity contribution in [3.05, 3.63) is 246 Å². The van der Waals surface area contributed by atoms with E-state index in [1.54, 1.807) is 32.0 Å². The van der Waals surface area contributed by atoms with Crippen LogP contribution >= 0.6 is 0 Å². The second-order valence-corrected chi connectivity index (χ2v) is 20.0. The largest absolute Gasteiger partial charge is 0.416 e. The standard InChI is InChI=1S/C68H42F6N6/c1-40-29-48(34-50(31-40)67(69,70)71)45-22-26-61-55(36-45)52-17-9-11-19-58(52)79(61)60-25-21-42(39-75)33-54(60)57-38-47(66-77-64(43-13-5-3-6-14-43)76-65(78-66)44-15-7-4-8-16-44)24-28-63(57)80-59-20-12-10-18-53(59)56-37-46(23-27-62(56)80)49-30-41(2)32-51(35-49)68(72,73)74/h3-38H,1-2H3. The number of benzene rings is 10. The number of nitriles is 1. The summed E-state index contributed by atoms with van der Waals surface area (Å²) < 4.78 is 89.5. The monoisotopic (exact) mass is 1060 g/mol. The third-order valence-corrected chi connectivity index (χ3v) is 14.7. The Morgan fingerprint density at radius 3 is 1.21 bits per heavy atom. The lowest BCUT2D eigenvalue weighted by molar-refractivity contribution is -0.138. The summed E-state index contributed by atoms with van der Waals surface area (Å²) >= 11 is 0. The molecule has 0 saturated heterocycles. The van der Waals surface area contributed by atoms with E-state index < -0.39 is 23.5 Å². The van der Waals surface area contributed by atoms with Gasteiger partial charge in [0.1, 0.15) is 0 Å². The Balaban J connectivity index is 1.09. The SMILES string of the molecule is Cc1cc(-c2ccc3c(c2)c2ccccc2n3-c2ccc(C#N)cc2-c2cc(-c3nc(-c4ccccc4)nc(-c4ccccc4)n3)ccc2-n2c3ccccc3c3cc(-c4cc(C)cc(C(F)(F)F)c4)ccc32)cc(C(F)(F)F)c1. The van der Waals surface area contributed by atoms with Crippen molar-refractivity contribution >= 4 is 43.6 Å². The summed E-state index contributed by atoms with van der Waals surface area (Å²) in [7, 11) is 0. The molecule has 80 heavy (non-hydrogen) atoms. The average molecular weight is 1060 g/mol. The molecule has 3 aromatic heterocycles. The molecule has 6 nitrogen and oxygen atoms in total. The minimum Gasteiger partial charge on any atom is -0.309 e. The first-order valence-electron chi connectivity index (χ1n) is 25.7. The van der Waals surface area contributed by atoms with Crippen molar-refractivity contribution in [2.45, 2.75) is 26.2 Å². The van der Waals surface area contributed by atoms with E-state index in [-0.39, 0.29) is 0 Å². The number of aromatic nitrogens is 5. The van der Waals surface area contributed by atoms with Crippen molar-refractivity contribution in [1.29, 1.82) is 5.26 Å². The van der Waals surface area contributed by atoms with Crippen molar-refractivity contribution < 1.29 is 26.3 Å². The molecule has 0 bridgehead atoms. The predicted octanol–water partition coefficient (Wildman–Crippen LogP) is 18.6. The van der Waals surface area contributed by atoms with Crippen molar-refractivity contribution in [2.24, 2.45) is 0 Å². The quantitative estimate of drug-likeness (QED) is 0.142. The summed E-state index contributed by atoms with van der Waals surface area (Å²) in [6.07, 6.45) is -9.07. The van der Waals surface area contributed by atoms with Crippen LogP contribution in [0.15, 0.2) is 218 Å². The normalized spacial score (nSPS) is 12.0. The van der Waals surface area contributed by atoms with Crippen LogP contribution in [0.3, 0.4) is 0 Å².